The van der Waals surface area contributed by atoms with Crippen molar-refractivity contribution in [1.82, 2.24) is 5.32 Å². The molecule has 0 aromatic heterocycles. The molecule has 1 saturated heterocycles. The number of nitrogen functional groups attached to an aromatic ring is 1. The predicted molar refractivity (Wildman–Crippen MR) is 98.3 cm³/mol. The van der Waals surface area contributed by atoms with Crippen molar-refractivity contribution >= 4 is 24.8 Å². The number of rotatable bonds is 4. The highest BCUT2D eigenvalue weighted by molar-refractivity contribution is 6.56. The van der Waals surface area contributed by atoms with Crippen molar-refractivity contribution in [1.29, 1.82) is 0 Å². The van der Waals surface area contributed by atoms with E-state index in [0.29, 0.717) is 6.54 Å². The Labute approximate surface area is 144 Å². The molecule has 1 aliphatic rings. The van der Waals surface area contributed by atoms with E-state index in [1.54, 1.807) is 0 Å². The van der Waals surface area contributed by atoms with E-state index in [-0.39, 0.29) is 5.91 Å². The lowest BCUT2D eigenvalue weighted by Gasteiger charge is -2.32. The number of amides is 1. The van der Waals surface area contributed by atoms with Crippen LogP contribution in [0.2, 0.25) is 0 Å². The number of nitrogens with two attached hydrogens (primary N) is 1. The first kappa shape index (κ1) is 18.6. The summed E-state index contributed by atoms with van der Waals surface area (Å²) in [5, 5.41) is 2.83. The van der Waals surface area contributed by atoms with Crippen molar-refractivity contribution in [3.8, 4) is 0 Å². The Kier molecular flexibility index (Phi) is 5.11. The van der Waals surface area contributed by atoms with E-state index in [1.165, 1.54) is 6.92 Å². The predicted octanol–water partition coefficient (Wildman–Crippen LogP) is 2.73. The maximum absolute atomic E-state index is 11.3. The second-order valence-corrected chi connectivity index (χ2v) is 7.33. The highest BCUT2D eigenvalue weighted by Crippen LogP contribution is 2.38. The van der Waals surface area contributed by atoms with Crippen LogP contribution in [0, 0.1) is 6.92 Å². The topological polar surface area (TPSA) is 73.6 Å². The van der Waals surface area contributed by atoms with Gasteiger partial charge in [-0.25, -0.2) is 0 Å². The Balaban J connectivity index is 2.33. The molecule has 0 unspecified atom stereocenters. The van der Waals surface area contributed by atoms with E-state index in [2.05, 4.69) is 5.32 Å². The molecule has 3 N–H and O–H groups in total. The van der Waals surface area contributed by atoms with E-state index >= 15 is 0 Å². The average molecular weight is 330 g/mol. The zero-order valence-electron chi connectivity index (χ0n) is 15.4. The lowest BCUT2D eigenvalue weighted by atomic mass is 9.77. The first-order valence-corrected chi connectivity index (χ1v) is 8.18. The molecule has 0 bridgehead atoms. The molecule has 5 nitrogen and oxygen atoms in total. The summed E-state index contributed by atoms with van der Waals surface area (Å²) in [5.41, 5.74) is 8.66. The van der Waals surface area contributed by atoms with E-state index in [4.69, 9.17) is 15.0 Å². The van der Waals surface area contributed by atoms with Crippen LogP contribution in [0.5, 0.6) is 0 Å². The minimum atomic E-state index is -0.500. The first-order chi connectivity index (χ1) is 11.0. The third-order valence-electron chi connectivity index (χ3n) is 4.74. The van der Waals surface area contributed by atoms with Crippen LogP contribution in [0.3, 0.4) is 0 Å². The van der Waals surface area contributed by atoms with Crippen LogP contribution >= 0.6 is 0 Å². The van der Waals surface area contributed by atoms with Crippen molar-refractivity contribution in [2.24, 2.45) is 0 Å². The number of hydrogen-bond donors (Lipinski definition) is 2. The molecular formula is C18H27BN2O3. The molecule has 0 aliphatic carbocycles. The van der Waals surface area contributed by atoms with Gasteiger partial charge < -0.3 is 20.4 Å². The maximum atomic E-state index is 11.3. The normalized spacial score (nSPS) is 19.4. The molecule has 1 heterocycles. The molecular weight excluding hydrogens is 303 g/mol. The van der Waals surface area contributed by atoms with Gasteiger partial charge in [0, 0.05) is 19.2 Å². The van der Waals surface area contributed by atoms with Crippen LogP contribution in [0.1, 0.15) is 45.7 Å². The highest BCUT2D eigenvalue weighted by Gasteiger charge is 2.52. The summed E-state index contributed by atoms with van der Waals surface area (Å²) in [6.07, 6.45) is 1.99. The quantitative estimate of drug-likeness (QED) is 0.658. The Morgan fingerprint density at radius 3 is 2.33 bits per heavy atom. The number of hydrogen-bond acceptors (Lipinski definition) is 4. The molecule has 24 heavy (non-hydrogen) atoms. The maximum Gasteiger partial charge on any atom is 0.492 e. The minimum Gasteiger partial charge on any atom is -0.400 e. The molecule has 130 valence electrons. The van der Waals surface area contributed by atoms with E-state index in [1.807, 2.05) is 58.9 Å². The number of carbonyl (C=O) groups is 1. The van der Waals surface area contributed by atoms with Crippen molar-refractivity contribution < 1.29 is 14.1 Å². The molecule has 0 radical (unpaired) electrons. The minimum absolute atomic E-state index is 0.0918. The zero-order chi connectivity index (χ0) is 18.1. The van der Waals surface area contributed by atoms with Crippen molar-refractivity contribution in [2.45, 2.75) is 52.7 Å². The van der Waals surface area contributed by atoms with Gasteiger partial charge in [-0.2, -0.15) is 0 Å². The SMILES string of the molecule is CC(=O)NCC(=Cc1ccc(N)c(C)c1)B1OC(C)(C)C(C)(C)O1. The smallest absolute Gasteiger partial charge is 0.400 e. The van der Waals surface area contributed by atoms with Gasteiger partial charge >= 0.3 is 7.12 Å². The van der Waals surface area contributed by atoms with Crippen LogP contribution in [0.15, 0.2) is 23.7 Å². The fourth-order valence-electron chi connectivity index (χ4n) is 2.43. The molecule has 6 heteroatoms. The standard InChI is InChI=1S/C18H27BN2O3/c1-12-9-14(7-8-16(12)20)10-15(11-21-13(2)22)19-23-17(3,4)18(5,6)24-19/h7-10H,11,20H2,1-6H3,(H,21,22). The molecule has 1 aliphatic heterocycles. The van der Waals surface area contributed by atoms with Crippen LogP contribution in [0.25, 0.3) is 6.08 Å². The molecule has 2 rings (SSSR count). The fraction of sp³-hybridized carbons (Fsp3) is 0.500. The Morgan fingerprint density at radius 1 is 1.25 bits per heavy atom. The van der Waals surface area contributed by atoms with Crippen molar-refractivity contribution in [2.75, 3.05) is 12.3 Å². The van der Waals surface area contributed by atoms with Gasteiger partial charge in [-0.05, 0) is 57.3 Å². The fourth-order valence-corrected chi connectivity index (χ4v) is 2.43. The van der Waals surface area contributed by atoms with Gasteiger partial charge in [0.15, 0.2) is 0 Å². The highest BCUT2D eigenvalue weighted by atomic mass is 16.7. The lowest BCUT2D eigenvalue weighted by Crippen LogP contribution is -2.41. The van der Waals surface area contributed by atoms with Crippen molar-refractivity contribution in [3.63, 3.8) is 0 Å². The Hall–Kier alpha value is -1.79. The van der Waals surface area contributed by atoms with Crippen LogP contribution in [-0.4, -0.2) is 30.8 Å². The molecule has 0 spiro atoms. The number of aryl methyl sites for hydroxylation is 1. The van der Waals surface area contributed by atoms with Gasteiger partial charge in [0.1, 0.15) is 0 Å². The lowest BCUT2D eigenvalue weighted by molar-refractivity contribution is -0.118. The second-order valence-electron chi connectivity index (χ2n) is 7.33. The van der Waals surface area contributed by atoms with Crippen LogP contribution < -0.4 is 11.1 Å². The van der Waals surface area contributed by atoms with Gasteiger partial charge in [-0.15, -0.1) is 0 Å². The third kappa shape index (κ3) is 4.00. The van der Waals surface area contributed by atoms with Crippen LogP contribution in [0.4, 0.5) is 5.69 Å². The molecule has 0 atom stereocenters. The number of benzene rings is 1. The van der Waals surface area contributed by atoms with Crippen molar-refractivity contribution in [3.05, 3.63) is 34.8 Å². The summed E-state index contributed by atoms with van der Waals surface area (Å²) in [7, 11) is -0.500. The van der Waals surface area contributed by atoms with Crippen LogP contribution in [-0.2, 0) is 14.1 Å². The zero-order valence-corrected chi connectivity index (χ0v) is 15.4. The largest absolute Gasteiger partial charge is 0.492 e. The summed E-state index contributed by atoms with van der Waals surface area (Å²) in [4.78, 5) is 11.3. The summed E-state index contributed by atoms with van der Waals surface area (Å²) >= 11 is 0. The third-order valence-corrected chi connectivity index (χ3v) is 4.74. The molecule has 1 aromatic rings. The van der Waals surface area contributed by atoms with Gasteiger partial charge in [0.25, 0.3) is 0 Å². The molecule has 0 saturated carbocycles. The summed E-state index contributed by atoms with van der Waals surface area (Å²) in [6, 6.07) is 5.83. The molecule has 1 aromatic carbocycles. The number of carbonyl (C=O) groups excluding carboxylic acids is 1. The number of nitrogens with one attached hydrogen (secondary N) is 1. The monoisotopic (exact) mass is 330 g/mol. The van der Waals surface area contributed by atoms with Gasteiger partial charge in [0.05, 0.1) is 11.2 Å². The van der Waals surface area contributed by atoms with Gasteiger partial charge in [-0.3, -0.25) is 4.79 Å². The number of anilines is 1. The first-order valence-electron chi connectivity index (χ1n) is 8.18. The second kappa shape index (κ2) is 6.61. The van der Waals surface area contributed by atoms with E-state index in [9.17, 15) is 4.79 Å². The van der Waals surface area contributed by atoms with E-state index in [0.717, 1.165) is 22.3 Å². The molecule has 1 amide bonds. The summed E-state index contributed by atoms with van der Waals surface area (Å²) in [6.45, 7) is 11.9. The average Bonchev–Trinajstić information content (AvgIpc) is 2.67. The summed E-state index contributed by atoms with van der Waals surface area (Å²) in [5.74, 6) is -0.0918. The summed E-state index contributed by atoms with van der Waals surface area (Å²) < 4.78 is 12.2. The van der Waals surface area contributed by atoms with Gasteiger partial charge in [0.2, 0.25) is 5.91 Å². The molecule has 1 fully saturated rings. The Morgan fingerprint density at radius 2 is 1.83 bits per heavy atom. The Bertz CT molecular complexity index is 652. The van der Waals surface area contributed by atoms with Gasteiger partial charge in [-0.1, -0.05) is 18.2 Å². The van der Waals surface area contributed by atoms with E-state index < -0.39 is 18.3 Å².